The smallest absolute Gasteiger partial charge is 0.322 e. The Balaban J connectivity index is 3.62. The number of nitrogens with two attached hydrogens (primary N) is 3. The maximum Gasteiger partial charge on any atom is 0.322 e. The molecule has 0 saturated carbocycles. The lowest BCUT2D eigenvalue weighted by Gasteiger charge is -2.13. The zero-order chi connectivity index (χ0) is 12.4. The van der Waals surface area contributed by atoms with Crippen LogP contribution in [0.4, 0.5) is 0 Å². The highest BCUT2D eigenvalue weighted by Crippen LogP contribution is 2.01. The molecule has 0 saturated heterocycles. The minimum absolute atomic E-state index is 0.0410. The van der Waals surface area contributed by atoms with E-state index in [-0.39, 0.29) is 6.61 Å². The fraction of sp³-hybridized carbons (Fsp3) is 0.900. The van der Waals surface area contributed by atoms with Gasteiger partial charge >= 0.3 is 5.97 Å². The van der Waals surface area contributed by atoms with Gasteiger partial charge in [-0.2, -0.15) is 0 Å². The summed E-state index contributed by atoms with van der Waals surface area (Å²) in [6.07, 6.45) is 1.92. The molecule has 0 heterocycles. The normalized spacial score (nSPS) is 14.5. The summed E-state index contributed by atoms with van der Waals surface area (Å²) in [5.74, 6) is -0.479. The number of unbranched alkanes of at least 4 members (excludes halogenated alkanes) is 1. The van der Waals surface area contributed by atoms with E-state index in [0.29, 0.717) is 25.9 Å². The van der Waals surface area contributed by atoms with Gasteiger partial charge in [-0.3, -0.25) is 4.79 Å². The van der Waals surface area contributed by atoms with Crippen molar-refractivity contribution < 1.29 is 14.6 Å². The lowest BCUT2D eigenvalue weighted by Crippen LogP contribution is -2.34. The summed E-state index contributed by atoms with van der Waals surface area (Å²) in [7, 11) is 0. The van der Waals surface area contributed by atoms with E-state index >= 15 is 0 Å². The summed E-state index contributed by atoms with van der Waals surface area (Å²) >= 11 is 0. The Hall–Kier alpha value is -0.690. The van der Waals surface area contributed by atoms with Gasteiger partial charge in [0, 0.05) is 0 Å². The van der Waals surface area contributed by atoms with Crippen molar-refractivity contribution in [2.45, 2.75) is 37.8 Å². The predicted molar refractivity (Wildman–Crippen MR) is 61.5 cm³/mol. The minimum Gasteiger partial charge on any atom is -0.462 e. The van der Waals surface area contributed by atoms with Crippen LogP contribution in [-0.4, -0.2) is 42.9 Å². The van der Waals surface area contributed by atoms with E-state index in [1.54, 1.807) is 0 Å². The van der Waals surface area contributed by atoms with Crippen LogP contribution in [0, 0.1) is 0 Å². The van der Waals surface area contributed by atoms with E-state index in [2.05, 4.69) is 0 Å². The standard InChI is InChI=1S/C10H23N3O3/c11-5-2-1-3-9(13)10(15)16-7-8(14)4-6-12/h8-9,14H,1-7,11-13H2/t8?,9-/m0/s1. The highest BCUT2D eigenvalue weighted by atomic mass is 16.5. The third-order valence-corrected chi connectivity index (χ3v) is 2.19. The molecule has 0 spiro atoms. The van der Waals surface area contributed by atoms with E-state index in [0.717, 1.165) is 12.8 Å². The number of ether oxygens (including phenoxy) is 1. The van der Waals surface area contributed by atoms with Crippen molar-refractivity contribution in [2.24, 2.45) is 17.2 Å². The molecule has 0 rings (SSSR count). The number of carbonyl (C=O) groups is 1. The third-order valence-electron chi connectivity index (χ3n) is 2.19. The van der Waals surface area contributed by atoms with Crippen LogP contribution < -0.4 is 17.2 Å². The maximum atomic E-state index is 11.3. The molecule has 6 heteroatoms. The van der Waals surface area contributed by atoms with Crippen molar-refractivity contribution in [1.29, 1.82) is 0 Å². The number of esters is 1. The monoisotopic (exact) mass is 233 g/mol. The zero-order valence-corrected chi connectivity index (χ0v) is 9.60. The Morgan fingerprint density at radius 1 is 1.19 bits per heavy atom. The van der Waals surface area contributed by atoms with Crippen molar-refractivity contribution >= 4 is 5.97 Å². The number of carbonyl (C=O) groups excluding carboxylic acids is 1. The minimum atomic E-state index is -0.704. The molecule has 0 radical (unpaired) electrons. The fourth-order valence-corrected chi connectivity index (χ4v) is 1.19. The maximum absolute atomic E-state index is 11.3. The predicted octanol–water partition coefficient (Wildman–Crippen LogP) is -1.30. The lowest BCUT2D eigenvalue weighted by atomic mass is 10.1. The zero-order valence-electron chi connectivity index (χ0n) is 9.60. The van der Waals surface area contributed by atoms with E-state index in [1.165, 1.54) is 0 Å². The van der Waals surface area contributed by atoms with E-state index < -0.39 is 18.1 Å². The first kappa shape index (κ1) is 15.3. The quantitative estimate of drug-likeness (QED) is 0.290. The van der Waals surface area contributed by atoms with Crippen molar-refractivity contribution in [2.75, 3.05) is 19.7 Å². The highest BCUT2D eigenvalue weighted by Gasteiger charge is 2.15. The number of hydrogen-bond donors (Lipinski definition) is 4. The largest absolute Gasteiger partial charge is 0.462 e. The molecule has 0 aromatic carbocycles. The third kappa shape index (κ3) is 7.58. The van der Waals surface area contributed by atoms with Crippen LogP contribution in [0.1, 0.15) is 25.7 Å². The molecular weight excluding hydrogens is 210 g/mol. The first-order valence-corrected chi connectivity index (χ1v) is 5.62. The summed E-state index contributed by atoms with van der Waals surface area (Å²) in [6.45, 7) is 0.916. The van der Waals surface area contributed by atoms with Gasteiger partial charge in [0.1, 0.15) is 12.6 Å². The molecule has 96 valence electrons. The Kier molecular flexibility index (Phi) is 9.12. The Labute approximate surface area is 96.1 Å². The highest BCUT2D eigenvalue weighted by molar-refractivity contribution is 5.75. The van der Waals surface area contributed by atoms with Gasteiger partial charge < -0.3 is 27.0 Å². The lowest BCUT2D eigenvalue weighted by molar-refractivity contribution is -0.148. The first-order valence-electron chi connectivity index (χ1n) is 5.62. The number of hydrogen-bond acceptors (Lipinski definition) is 6. The summed E-state index contributed by atoms with van der Waals surface area (Å²) in [5, 5.41) is 9.28. The molecule has 0 amide bonds. The van der Waals surface area contributed by atoms with E-state index in [4.69, 9.17) is 21.9 Å². The van der Waals surface area contributed by atoms with Gasteiger partial charge in [-0.05, 0) is 32.4 Å². The summed E-state index contributed by atoms with van der Waals surface area (Å²) in [6, 6.07) is -0.628. The molecule has 0 fully saturated rings. The first-order chi connectivity index (χ1) is 7.61. The second-order valence-electron chi connectivity index (χ2n) is 3.75. The molecule has 0 aromatic heterocycles. The molecule has 1 unspecified atom stereocenters. The molecule has 0 bridgehead atoms. The van der Waals surface area contributed by atoms with Crippen molar-refractivity contribution in [3.8, 4) is 0 Å². The van der Waals surface area contributed by atoms with Crippen LogP contribution >= 0.6 is 0 Å². The van der Waals surface area contributed by atoms with Crippen LogP contribution in [0.5, 0.6) is 0 Å². The summed E-state index contributed by atoms with van der Waals surface area (Å²) < 4.78 is 4.85. The molecule has 7 N–H and O–H groups in total. The molecular formula is C10H23N3O3. The van der Waals surface area contributed by atoms with E-state index in [1.807, 2.05) is 0 Å². The molecule has 2 atom stereocenters. The summed E-state index contributed by atoms with van der Waals surface area (Å²) in [4.78, 5) is 11.3. The van der Waals surface area contributed by atoms with Gasteiger partial charge in [-0.15, -0.1) is 0 Å². The van der Waals surface area contributed by atoms with Crippen LogP contribution in [-0.2, 0) is 9.53 Å². The van der Waals surface area contributed by atoms with Gasteiger partial charge in [0.05, 0.1) is 6.10 Å². The van der Waals surface area contributed by atoms with E-state index in [9.17, 15) is 9.90 Å². The number of aliphatic hydroxyl groups is 1. The van der Waals surface area contributed by atoms with Gasteiger partial charge in [0.15, 0.2) is 0 Å². The fourth-order valence-electron chi connectivity index (χ4n) is 1.19. The SMILES string of the molecule is NCCCC[C@H](N)C(=O)OCC(O)CCN. The molecule has 16 heavy (non-hydrogen) atoms. The Morgan fingerprint density at radius 3 is 2.44 bits per heavy atom. The average molecular weight is 233 g/mol. The van der Waals surface area contributed by atoms with Crippen molar-refractivity contribution in [3.05, 3.63) is 0 Å². The van der Waals surface area contributed by atoms with Gasteiger partial charge in [0.2, 0.25) is 0 Å². The van der Waals surface area contributed by atoms with Gasteiger partial charge in [-0.1, -0.05) is 6.42 Å². The summed E-state index contributed by atoms with van der Waals surface area (Å²) in [5.41, 5.74) is 16.2. The van der Waals surface area contributed by atoms with Gasteiger partial charge in [0.25, 0.3) is 0 Å². The van der Waals surface area contributed by atoms with Crippen LogP contribution in [0.25, 0.3) is 0 Å². The Bertz CT molecular complexity index is 190. The van der Waals surface area contributed by atoms with Crippen molar-refractivity contribution in [3.63, 3.8) is 0 Å². The molecule has 0 aromatic rings. The molecule has 0 aliphatic rings. The van der Waals surface area contributed by atoms with Crippen molar-refractivity contribution in [1.82, 2.24) is 0 Å². The topological polar surface area (TPSA) is 125 Å². The average Bonchev–Trinajstić information content (AvgIpc) is 2.26. The molecule has 0 aliphatic heterocycles. The molecule has 0 aliphatic carbocycles. The number of aliphatic hydroxyl groups excluding tert-OH is 1. The van der Waals surface area contributed by atoms with Crippen LogP contribution in [0.3, 0.4) is 0 Å². The van der Waals surface area contributed by atoms with Crippen LogP contribution in [0.2, 0.25) is 0 Å². The number of rotatable bonds is 9. The van der Waals surface area contributed by atoms with Crippen LogP contribution in [0.15, 0.2) is 0 Å². The second kappa shape index (κ2) is 9.53. The Morgan fingerprint density at radius 2 is 1.88 bits per heavy atom. The second-order valence-corrected chi connectivity index (χ2v) is 3.75. The van der Waals surface area contributed by atoms with Gasteiger partial charge in [-0.25, -0.2) is 0 Å². The molecule has 6 nitrogen and oxygen atoms in total.